The summed E-state index contributed by atoms with van der Waals surface area (Å²) in [6.45, 7) is 9.49. The number of hydrogen-bond donors (Lipinski definition) is 1. The third-order valence-electron chi connectivity index (χ3n) is 2.86. The van der Waals surface area contributed by atoms with E-state index in [1.165, 1.54) is 32.1 Å². The van der Waals surface area contributed by atoms with Crippen molar-refractivity contribution in [1.29, 1.82) is 0 Å². The van der Waals surface area contributed by atoms with Crippen LogP contribution in [0, 0.1) is 13.8 Å². The van der Waals surface area contributed by atoms with Gasteiger partial charge in [-0.15, -0.1) is 0 Å². The lowest BCUT2D eigenvalue weighted by Crippen LogP contribution is -2.15. The molecule has 0 unspecified atom stereocenters. The minimum absolute atomic E-state index is 0.881. The third kappa shape index (κ3) is 5.82. The van der Waals surface area contributed by atoms with Gasteiger partial charge in [-0.3, -0.25) is 4.68 Å². The van der Waals surface area contributed by atoms with Gasteiger partial charge in [0, 0.05) is 6.54 Å². The zero-order chi connectivity index (χ0) is 12.5. The Balaban J connectivity index is 1.99. The fourth-order valence-electron chi connectivity index (χ4n) is 1.94. The first-order valence-corrected chi connectivity index (χ1v) is 6.82. The molecular weight excluding hydrogens is 212 g/mol. The van der Waals surface area contributed by atoms with Crippen LogP contribution in [0.4, 0.5) is 0 Å². The Morgan fingerprint density at radius 3 is 2.47 bits per heavy atom. The summed E-state index contributed by atoms with van der Waals surface area (Å²) in [6, 6.07) is 0. The molecule has 17 heavy (non-hydrogen) atoms. The molecule has 0 amide bonds. The zero-order valence-electron chi connectivity index (χ0n) is 11.5. The molecule has 0 spiro atoms. The molecule has 0 aromatic carbocycles. The van der Waals surface area contributed by atoms with Crippen LogP contribution in [0.2, 0.25) is 0 Å². The number of hydrogen-bond acceptors (Lipinski definition) is 3. The predicted octanol–water partition coefficient (Wildman–Crippen LogP) is 2.45. The molecule has 1 aromatic heterocycles. The Labute approximate surface area is 105 Å². The van der Waals surface area contributed by atoms with Crippen LogP contribution < -0.4 is 5.32 Å². The number of nitrogens with zero attached hydrogens (tertiary/aromatic N) is 3. The summed E-state index contributed by atoms with van der Waals surface area (Å²) in [4.78, 5) is 4.30. The van der Waals surface area contributed by atoms with Crippen molar-refractivity contribution in [3.8, 4) is 0 Å². The molecule has 0 aliphatic rings. The molecular formula is C13H26N4. The van der Waals surface area contributed by atoms with Crippen LogP contribution in [-0.4, -0.2) is 27.9 Å². The highest BCUT2D eigenvalue weighted by Crippen LogP contribution is 2.03. The smallest absolute Gasteiger partial charge is 0.147 e. The van der Waals surface area contributed by atoms with Crippen molar-refractivity contribution in [2.75, 3.05) is 13.1 Å². The Kier molecular flexibility index (Phi) is 6.86. The summed E-state index contributed by atoms with van der Waals surface area (Å²) in [5.74, 6) is 1.92. The fourth-order valence-corrected chi connectivity index (χ4v) is 1.94. The monoisotopic (exact) mass is 238 g/mol. The largest absolute Gasteiger partial charge is 0.317 e. The lowest BCUT2D eigenvalue weighted by atomic mass is 10.2. The molecule has 0 saturated heterocycles. The Hall–Kier alpha value is -0.900. The van der Waals surface area contributed by atoms with Crippen molar-refractivity contribution in [1.82, 2.24) is 20.1 Å². The second-order valence-electron chi connectivity index (χ2n) is 4.59. The number of unbranched alkanes of at least 4 members (excludes halogenated alkanes) is 3. The van der Waals surface area contributed by atoms with Crippen LogP contribution in [-0.2, 0) is 6.54 Å². The maximum atomic E-state index is 4.36. The standard InChI is InChI=1S/C13H26N4/c1-4-9-14-10-7-5-6-8-11-17-13(3)15-12(2)16-17/h14H,4-11H2,1-3H3. The molecule has 1 N–H and O–H groups in total. The summed E-state index contributed by atoms with van der Waals surface area (Å²) in [5.41, 5.74) is 0. The molecule has 4 nitrogen and oxygen atoms in total. The van der Waals surface area contributed by atoms with Crippen molar-refractivity contribution in [3.63, 3.8) is 0 Å². The second kappa shape index (κ2) is 8.23. The predicted molar refractivity (Wildman–Crippen MR) is 71.1 cm³/mol. The lowest BCUT2D eigenvalue weighted by Gasteiger charge is -2.04. The number of aromatic nitrogens is 3. The van der Waals surface area contributed by atoms with Gasteiger partial charge in [-0.2, -0.15) is 5.10 Å². The van der Waals surface area contributed by atoms with Crippen molar-refractivity contribution in [3.05, 3.63) is 11.6 Å². The lowest BCUT2D eigenvalue weighted by molar-refractivity contribution is 0.514. The van der Waals surface area contributed by atoms with Crippen molar-refractivity contribution in [2.45, 2.75) is 59.4 Å². The zero-order valence-corrected chi connectivity index (χ0v) is 11.5. The van der Waals surface area contributed by atoms with E-state index in [2.05, 4.69) is 22.3 Å². The molecule has 0 bridgehead atoms. The summed E-state index contributed by atoms with van der Waals surface area (Å²) >= 11 is 0. The minimum atomic E-state index is 0.881. The molecule has 0 atom stereocenters. The van der Waals surface area contributed by atoms with Gasteiger partial charge in [-0.05, 0) is 46.2 Å². The highest BCUT2D eigenvalue weighted by atomic mass is 15.3. The first kappa shape index (κ1) is 14.2. The highest BCUT2D eigenvalue weighted by molar-refractivity contribution is 4.87. The normalized spacial score (nSPS) is 11.0. The van der Waals surface area contributed by atoms with E-state index >= 15 is 0 Å². The van der Waals surface area contributed by atoms with Crippen LogP contribution in [0.3, 0.4) is 0 Å². The van der Waals surface area contributed by atoms with Crippen LogP contribution in [0.15, 0.2) is 0 Å². The van der Waals surface area contributed by atoms with E-state index in [1.54, 1.807) is 0 Å². The average molecular weight is 238 g/mol. The molecule has 0 saturated carbocycles. The fraction of sp³-hybridized carbons (Fsp3) is 0.846. The van der Waals surface area contributed by atoms with Crippen LogP contribution in [0.5, 0.6) is 0 Å². The van der Waals surface area contributed by atoms with Crippen molar-refractivity contribution in [2.24, 2.45) is 0 Å². The van der Waals surface area contributed by atoms with Gasteiger partial charge in [0.25, 0.3) is 0 Å². The first-order valence-electron chi connectivity index (χ1n) is 6.82. The van der Waals surface area contributed by atoms with Gasteiger partial charge in [0.1, 0.15) is 11.6 Å². The molecule has 4 heteroatoms. The molecule has 0 radical (unpaired) electrons. The van der Waals surface area contributed by atoms with E-state index in [0.717, 1.165) is 31.3 Å². The van der Waals surface area contributed by atoms with Gasteiger partial charge in [0.15, 0.2) is 0 Å². The molecule has 98 valence electrons. The molecule has 0 aliphatic carbocycles. The van der Waals surface area contributed by atoms with Gasteiger partial charge in [0.05, 0.1) is 0 Å². The first-order chi connectivity index (χ1) is 8.24. The van der Waals surface area contributed by atoms with Gasteiger partial charge in [-0.25, -0.2) is 4.98 Å². The van der Waals surface area contributed by atoms with Crippen LogP contribution in [0.25, 0.3) is 0 Å². The summed E-state index contributed by atoms with van der Waals surface area (Å²) in [7, 11) is 0. The van der Waals surface area contributed by atoms with Crippen molar-refractivity contribution < 1.29 is 0 Å². The Bertz CT molecular complexity index is 306. The summed E-state index contributed by atoms with van der Waals surface area (Å²) in [5, 5.41) is 7.79. The average Bonchev–Trinajstić information content (AvgIpc) is 2.61. The quantitative estimate of drug-likeness (QED) is 0.672. The topological polar surface area (TPSA) is 42.7 Å². The van der Waals surface area contributed by atoms with Crippen LogP contribution in [0.1, 0.15) is 50.7 Å². The summed E-state index contributed by atoms with van der Waals surface area (Å²) in [6.07, 6.45) is 6.31. The molecule has 1 heterocycles. The maximum absolute atomic E-state index is 4.36. The SMILES string of the molecule is CCCNCCCCCCn1nc(C)nc1C. The van der Waals surface area contributed by atoms with E-state index in [9.17, 15) is 0 Å². The highest BCUT2D eigenvalue weighted by Gasteiger charge is 2.01. The summed E-state index contributed by atoms with van der Waals surface area (Å²) < 4.78 is 2.02. The van der Waals surface area contributed by atoms with Gasteiger partial charge in [0.2, 0.25) is 0 Å². The number of aryl methyl sites for hydroxylation is 3. The third-order valence-corrected chi connectivity index (χ3v) is 2.86. The molecule has 1 aromatic rings. The Morgan fingerprint density at radius 1 is 1.06 bits per heavy atom. The molecule has 0 fully saturated rings. The number of nitrogens with one attached hydrogen (secondary N) is 1. The van der Waals surface area contributed by atoms with E-state index in [4.69, 9.17) is 0 Å². The second-order valence-corrected chi connectivity index (χ2v) is 4.59. The van der Waals surface area contributed by atoms with Gasteiger partial charge >= 0.3 is 0 Å². The molecule has 1 rings (SSSR count). The van der Waals surface area contributed by atoms with Gasteiger partial charge < -0.3 is 5.32 Å². The van der Waals surface area contributed by atoms with E-state index in [-0.39, 0.29) is 0 Å². The van der Waals surface area contributed by atoms with E-state index < -0.39 is 0 Å². The van der Waals surface area contributed by atoms with E-state index in [0.29, 0.717) is 0 Å². The van der Waals surface area contributed by atoms with Gasteiger partial charge in [-0.1, -0.05) is 19.8 Å². The number of rotatable bonds is 9. The Morgan fingerprint density at radius 2 is 1.82 bits per heavy atom. The van der Waals surface area contributed by atoms with Crippen LogP contribution >= 0.6 is 0 Å². The van der Waals surface area contributed by atoms with E-state index in [1.807, 2.05) is 18.5 Å². The maximum Gasteiger partial charge on any atom is 0.147 e. The van der Waals surface area contributed by atoms with Crippen molar-refractivity contribution >= 4 is 0 Å². The molecule has 0 aliphatic heterocycles. The minimum Gasteiger partial charge on any atom is -0.317 e.